The third-order valence-corrected chi connectivity index (χ3v) is 4.74. The van der Waals surface area contributed by atoms with Gasteiger partial charge in [-0.05, 0) is 43.4 Å². The molecule has 1 heterocycles. The minimum atomic E-state index is 0.0875. The van der Waals surface area contributed by atoms with Gasteiger partial charge in [0.25, 0.3) is 0 Å². The molecule has 1 atom stereocenters. The number of carbonyl (C=O) groups excluding carboxylic acids is 1. The molecule has 0 aliphatic heterocycles. The first-order chi connectivity index (χ1) is 9.47. The van der Waals surface area contributed by atoms with E-state index in [0.717, 1.165) is 30.2 Å². The van der Waals surface area contributed by atoms with E-state index in [9.17, 15) is 4.79 Å². The van der Waals surface area contributed by atoms with Crippen molar-refractivity contribution < 1.29 is 9.21 Å². The number of ketones is 1. The average molecular weight is 270 g/mol. The van der Waals surface area contributed by atoms with E-state index in [1.54, 1.807) is 0 Å². The van der Waals surface area contributed by atoms with Gasteiger partial charge in [0, 0.05) is 11.3 Å². The fourth-order valence-corrected chi connectivity index (χ4v) is 3.44. The van der Waals surface area contributed by atoms with Crippen molar-refractivity contribution in [2.75, 3.05) is 0 Å². The normalized spacial score (nSPS) is 22.1. The Morgan fingerprint density at radius 3 is 2.80 bits per heavy atom. The lowest BCUT2D eigenvalue weighted by Crippen LogP contribution is -2.33. The first kappa shape index (κ1) is 13.4. The molecule has 2 heteroatoms. The molecule has 2 aromatic rings. The number of carbonyl (C=O) groups is 1. The zero-order valence-electron chi connectivity index (χ0n) is 12.5. The third-order valence-electron chi connectivity index (χ3n) is 4.74. The highest BCUT2D eigenvalue weighted by Crippen LogP contribution is 2.42. The average Bonchev–Trinajstić information content (AvgIpc) is 2.80. The number of furan rings is 1. The van der Waals surface area contributed by atoms with Crippen LogP contribution in [0.2, 0.25) is 0 Å². The minimum Gasteiger partial charge on any atom is -0.453 e. The van der Waals surface area contributed by atoms with Crippen LogP contribution in [-0.2, 0) is 0 Å². The molecule has 0 spiro atoms. The van der Waals surface area contributed by atoms with E-state index in [-0.39, 0.29) is 17.1 Å². The van der Waals surface area contributed by atoms with Crippen LogP contribution < -0.4 is 0 Å². The summed E-state index contributed by atoms with van der Waals surface area (Å²) in [5, 5.41) is 1.03. The van der Waals surface area contributed by atoms with Crippen molar-refractivity contribution in [3.63, 3.8) is 0 Å². The van der Waals surface area contributed by atoms with E-state index in [2.05, 4.69) is 26.8 Å². The van der Waals surface area contributed by atoms with E-state index < -0.39 is 0 Å². The van der Waals surface area contributed by atoms with Crippen molar-refractivity contribution in [2.45, 2.75) is 46.5 Å². The topological polar surface area (TPSA) is 30.2 Å². The Morgan fingerprint density at radius 2 is 2.05 bits per heavy atom. The Morgan fingerprint density at radius 1 is 1.25 bits per heavy atom. The van der Waals surface area contributed by atoms with Gasteiger partial charge >= 0.3 is 0 Å². The third kappa shape index (κ3) is 2.28. The molecule has 0 amide bonds. The van der Waals surface area contributed by atoms with Crippen LogP contribution in [0, 0.1) is 18.3 Å². The smallest absolute Gasteiger partial charge is 0.201 e. The number of hydrogen-bond acceptors (Lipinski definition) is 2. The number of aryl methyl sites for hydroxylation is 1. The maximum atomic E-state index is 12.8. The van der Waals surface area contributed by atoms with Gasteiger partial charge in [0.15, 0.2) is 5.76 Å². The number of fused-ring (bicyclic) bond motifs is 1. The highest BCUT2D eigenvalue weighted by atomic mass is 16.3. The minimum absolute atomic E-state index is 0.0875. The maximum Gasteiger partial charge on any atom is 0.201 e. The van der Waals surface area contributed by atoms with Crippen LogP contribution in [0.15, 0.2) is 28.7 Å². The van der Waals surface area contributed by atoms with Crippen molar-refractivity contribution in [2.24, 2.45) is 11.3 Å². The van der Waals surface area contributed by atoms with Crippen molar-refractivity contribution in [3.8, 4) is 0 Å². The van der Waals surface area contributed by atoms with Crippen LogP contribution in [0.1, 0.15) is 55.6 Å². The summed E-state index contributed by atoms with van der Waals surface area (Å²) in [4.78, 5) is 12.8. The molecule has 1 fully saturated rings. The van der Waals surface area contributed by atoms with Gasteiger partial charge in [-0.2, -0.15) is 0 Å². The summed E-state index contributed by atoms with van der Waals surface area (Å²) in [5.41, 5.74) is 2.09. The van der Waals surface area contributed by atoms with Gasteiger partial charge in [0.05, 0.1) is 0 Å². The molecular formula is C18H22O2. The van der Waals surface area contributed by atoms with Crippen LogP contribution in [0.3, 0.4) is 0 Å². The van der Waals surface area contributed by atoms with E-state index in [4.69, 9.17) is 4.42 Å². The van der Waals surface area contributed by atoms with Crippen molar-refractivity contribution in [1.82, 2.24) is 0 Å². The molecule has 20 heavy (non-hydrogen) atoms. The lowest BCUT2D eigenvalue weighted by atomic mass is 9.67. The summed E-state index contributed by atoms with van der Waals surface area (Å²) < 4.78 is 5.78. The van der Waals surface area contributed by atoms with Gasteiger partial charge in [-0.1, -0.05) is 38.3 Å². The Bertz CT molecular complexity index is 648. The van der Waals surface area contributed by atoms with E-state index in [0.29, 0.717) is 5.76 Å². The summed E-state index contributed by atoms with van der Waals surface area (Å²) in [6.45, 7) is 6.47. The van der Waals surface area contributed by atoms with Crippen LogP contribution in [0.5, 0.6) is 0 Å². The van der Waals surface area contributed by atoms with Gasteiger partial charge in [-0.3, -0.25) is 4.79 Å². The lowest BCUT2D eigenvalue weighted by Gasteiger charge is -2.37. The second kappa shape index (κ2) is 4.76. The van der Waals surface area contributed by atoms with Crippen LogP contribution >= 0.6 is 0 Å². The van der Waals surface area contributed by atoms with E-state index in [1.165, 1.54) is 12.0 Å². The molecule has 1 unspecified atom stereocenters. The number of benzene rings is 1. The molecule has 2 nitrogen and oxygen atoms in total. The standard InChI is InChI=1S/C18H22O2/c1-12-7-8-15-13(10-12)11-16(20-15)17(19)14-6-4-5-9-18(14,2)3/h7-8,10-11,14H,4-6,9H2,1-3H3. The predicted octanol–water partition coefficient (Wildman–Crippen LogP) is 5.14. The molecule has 0 radical (unpaired) electrons. The zero-order chi connectivity index (χ0) is 14.3. The van der Waals surface area contributed by atoms with Gasteiger partial charge in [0.2, 0.25) is 5.78 Å². The van der Waals surface area contributed by atoms with E-state index in [1.807, 2.05) is 18.2 Å². The SMILES string of the molecule is Cc1ccc2oc(C(=O)C3CCCCC3(C)C)cc2c1. The fourth-order valence-electron chi connectivity index (χ4n) is 3.44. The second-order valence-electron chi connectivity index (χ2n) is 6.80. The summed E-state index contributed by atoms with van der Waals surface area (Å²) >= 11 is 0. The van der Waals surface area contributed by atoms with Gasteiger partial charge < -0.3 is 4.42 Å². The quantitative estimate of drug-likeness (QED) is 0.707. The first-order valence-electron chi connectivity index (χ1n) is 7.52. The summed E-state index contributed by atoms with van der Waals surface area (Å²) in [6, 6.07) is 7.95. The largest absolute Gasteiger partial charge is 0.453 e. The molecule has 106 valence electrons. The van der Waals surface area contributed by atoms with Gasteiger partial charge in [-0.15, -0.1) is 0 Å². The fraction of sp³-hybridized carbons (Fsp3) is 0.500. The zero-order valence-corrected chi connectivity index (χ0v) is 12.5. The van der Waals surface area contributed by atoms with Gasteiger partial charge in [-0.25, -0.2) is 0 Å². The highest BCUT2D eigenvalue weighted by molar-refractivity contribution is 5.99. The molecule has 1 aliphatic rings. The monoisotopic (exact) mass is 270 g/mol. The Balaban J connectivity index is 1.95. The van der Waals surface area contributed by atoms with Crippen LogP contribution in [0.25, 0.3) is 11.0 Å². The Kier molecular flexibility index (Phi) is 3.19. The van der Waals surface area contributed by atoms with Crippen LogP contribution in [0.4, 0.5) is 0 Å². The molecule has 0 N–H and O–H groups in total. The second-order valence-corrected chi connectivity index (χ2v) is 6.80. The van der Waals surface area contributed by atoms with Crippen molar-refractivity contribution in [1.29, 1.82) is 0 Å². The summed E-state index contributed by atoms with van der Waals surface area (Å²) in [7, 11) is 0. The first-order valence-corrected chi connectivity index (χ1v) is 7.52. The van der Waals surface area contributed by atoms with Crippen LogP contribution in [-0.4, -0.2) is 5.78 Å². The number of Topliss-reactive ketones (excluding diaryl/α,β-unsaturated/α-hetero) is 1. The molecule has 1 aromatic carbocycles. The Hall–Kier alpha value is -1.57. The molecule has 1 aliphatic carbocycles. The van der Waals surface area contributed by atoms with Crippen molar-refractivity contribution in [3.05, 3.63) is 35.6 Å². The molecule has 3 rings (SSSR count). The predicted molar refractivity (Wildman–Crippen MR) is 81.0 cm³/mol. The number of hydrogen-bond donors (Lipinski definition) is 0. The molecule has 1 aromatic heterocycles. The molecule has 1 saturated carbocycles. The van der Waals surface area contributed by atoms with Crippen molar-refractivity contribution >= 4 is 16.8 Å². The number of rotatable bonds is 2. The highest BCUT2D eigenvalue weighted by Gasteiger charge is 2.38. The molecular weight excluding hydrogens is 248 g/mol. The maximum absolute atomic E-state index is 12.8. The molecule has 0 saturated heterocycles. The Labute approximate surface area is 120 Å². The lowest BCUT2D eigenvalue weighted by molar-refractivity contribution is 0.0670. The van der Waals surface area contributed by atoms with Gasteiger partial charge in [0.1, 0.15) is 5.58 Å². The van der Waals surface area contributed by atoms with E-state index >= 15 is 0 Å². The summed E-state index contributed by atoms with van der Waals surface area (Å²) in [6.07, 6.45) is 4.50. The molecule has 0 bridgehead atoms. The summed E-state index contributed by atoms with van der Waals surface area (Å²) in [5.74, 6) is 0.812.